The van der Waals surface area contributed by atoms with Crippen LogP contribution in [0.3, 0.4) is 0 Å². The van der Waals surface area contributed by atoms with E-state index in [0.29, 0.717) is 30.2 Å². The smallest absolute Gasteiger partial charge is 0.205 e. The lowest BCUT2D eigenvalue weighted by atomic mass is 10.1. The van der Waals surface area contributed by atoms with Crippen molar-refractivity contribution in [3.8, 4) is 11.4 Å². The Hall–Kier alpha value is -1.64. The van der Waals surface area contributed by atoms with E-state index < -0.39 is 17.2 Å². The summed E-state index contributed by atoms with van der Waals surface area (Å²) in [6, 6.07) is 3.20. The maximum absolute atomic E-state index is 13.3. The van der Waals surface area contributed by atoms with Gasteiger partial charge in [0.2, 0.25) is 5.13 Å². The van der Waals surface area contributed by atoms with Crippen LogP contribution in [-0.4, -0.2) is 46.9 Å². The predicted molar refractivity (Wildman–Crippen MR) is 78.9 cm³/mol. The lowest BCUT2D eigenvalue weighted by Gasteiger charge is -2.21. The van der Waals surface area contributed by atoms with Gasteiger partial charge in [-0.3, -0.25) is 0 Å². The van der Waals surface area contributed by atoms with Crippen molar-refractivity contribution in [2.24, 2.45) is 0 Å². The highest BCUT2D eigenvalue weighted by atomic mass is 32.1. The van der Waals surface area contributed by atoms with Gasteiger partial charge in [0.15, 0.2) is 5.82 Å². The summed E-state index contributed by atoms with van der Waals surface area (Å²) in [4.78, 5) is 6.22. The van der Waals surface area contributed by atoms with Crippen molar-refractivity contribution in [1.82, 2.24) is 9.36 Å². The zero-order valence-electron chi connectivity index (χ0n) is 11.9. The molecule has 2 aromatic rings. The molecule has 1 aromatic carbocycles. The van der Waals surface area contributed by atoms with Crippen LogP contribution in [0.4, 0.5) is 13.9 Å². The van der Waals surface area contributed by atoms with Gasteiger partial charge in [0.1, 0.15) is 17.2 Å². The SMILES string of the molecule is COCC1(O)CCN(c2nc(-c3cc(F)cc(F)c3)ns2)C1. The first kappa shape index (κ1) is 15.3. The van der Waals surface area contributed by atoms with Crippen molar-refractivity contribution in [3.05, 3.63) is 29.8 Å². The Bertz CT molecular complexity index is 662. The molecule has 1 atom stereocenters. The number of aromatic nitrogens is 2. The van der Waals surface area contributed by atoms with Crippen molar-refractivity contribution in [2.45, 2.75) is 12.0 Å². The molecule has 0 radical (unpaired) electrons. The largest absolute Gasteiger partial charge is 0.386 e. The number of methoxy groups -OCH3 is 1. The molecule has 0 spiro atoms. The average molecular weight is 327 g/mol. The van der Waals surface area contributed by atoms with Crippen LogP contribution < -0.4 is 4.90 Å². The van der Waals surface area contributed by atoms with Crippen LogP contribution in [0.2, 0.25) is 0 Å². The molecule has 5 nitrogen and oxygen atoms in total. The van der Waals surface area contributed by atoms with E-state index in [1.807, 2.05) is 4.90 Å². The van der Waals surface area contributed by atoms with Gasteiger partial charge >= 0.3 is 0 Å². The Kier molecular flexibility index (Phi) is 4.07. The van der Waals surface area contributed by atoms with E-state index >= 15 is 0 Å². The molecule has 0 saturated carbocycles. The summed E-state index contributed by atoms with van der Waals surface area (Å²) in [6.45, 7) is 1.28. The molecule has 3 rings (SSSR count). The number of nitrogens with zero attached hydrogens (tertiary/aromatic N) is 3. The molecule has 1 aliphatic rings. The molecule has 0 bridgehead atoms. The highest BCUT2D eigenvalue weighted by Gasteiger charge is 2.37. The van der Waals surface area contributed by atoms with Gasteiger partial charge in [-0.25, -0.2) is 8.78 Å². The van der Waals surface area contributed by atoms with Gasteiger partial charge in [-0.1, -0.05) is 0 Å². The Morgan fingerprint density at radius 3 is 2.77 bits per heavy atom. The minimum absolute atomic E-state index is 0.254. The molecule has 2 heterocycles. The Balaban J connectivity index is 1.80. The van der Waals surface area contributed by atoms with E-state index in [0.717, 1.165) is 17.6 Å². The average Bonchev–Trinajstić information content (AvgIpc) is 3.05. The molecule has 1 N–H and O–H groups in total. The third kappa shape index (κ3) is 3.08. The Morgan fingerprint density at radius 1 is 1.36 bits per heavy atom. The first-order valence-corrected chi connectivity index (χ1v) is 7.53. The van der Waals surface area contributed by atoms with Crippen molar-refractivity contribution in [3.63, 3.8) is 0 Å². The summed E-state index contributed by atoms with van der Waals surface area (Å²) in [5.74, 6) is -1.05. The summed E-state index contributed by atoms with van der Waals surface area (Å²) in [6.07, 6.45) is 0.574. The summed E-state index contributed by atoms with van der Waals surface area (Å²) in [5.41, 5.74) is -0.600. The van der Waals surface area contributed by atoms with E-state index in [4.69, 9.17) is 4.74 Å². The topological polar surface area (TPSA) is 58.5 Å². The van der Waals surface area contributed by atoms with Crippen molar-refractivity contribution in [1.29, 1.82) is 0 Å². The highest BCUT2D eigenvalue weighted by molar-refractivity contribution is 7.09. The zero-order chi connectivity index (χ0) is 15.7. The highest BCUT2D eigenvalue weighted by Crippen LogP contribution is 2.30. The fourth-order valence-electron chi connectivity index (χ4n) is 2.55. The second-order valence-corrected chi connectivity index (χ2v) is 6.12. The number of rotatable bonds is 4. The van der Waals surface area contributed by atoms with Gasteiger partial charge in [0.25, 0.3) is 0 Å². The molecule has 1 aliphatic heterocycles. The van der Waals surface area contributed by atoms with Crippen LogP contribution in [0.5, 0.6) is 0 Å². The third-order valence-corrected chi connectivity index (χ3v) is 4.33. The summed E-state index contributed by atoms with van der Waals surface area (Å²) in [5, 5.41) is 10.9. The molecular formula is C14H15F2N3O2S. The minimum Gasteiger partial charge on any atom is -0.386 e. The van der Waals surface area contributed by atoms with Crippen LogP contribution in [0.1, 0.15) is 6.42 Å². The molecule has 1 unspecified atom stereocenters. The fourth-order valence-corrected chi connectivity index (χ4v) is 3.26. The van der Waals surface area contributed by atoms with Gasteiger partial charge in [0.05, 0.1) is 13.2 Å². The second-order valence-electron chi connectivity index (χ2n) is 5.39. The Labute approximate surface area is 130 Å². The number of benzene rings is 1. The molecular weight excluding hydrogens is 312 g/mol. The summed E-state index contributed by atoms with van der Waals surface area (Å²) < 4.78 is 35.7. The van der Waals surface area contributed by atoms with Crippen LogP contribution in [0.15, 0.2) is 18.2 Å². The van der Waals surface area contributed by atoms with E-state index in [-0.39, 0.29) is 12.4 Å². The maximum atomic E-state index is 13.3. The molecule has 1 aromatic heterocycles. The van der Waals surface area contributed by atoms with E-state index in [1.54, 1.807) is 7.11 Å². The van der Waals surface area contributed by atoms with Crippen molar-refractivity contribution >= 4 is 16.7 Å². The van der Waals surface area contributed by atoms with Gasteiger partial charge < -0.3 is 14.7 Å². The number of ether oxygens (including phenoxy) is 1. The van der Waals surface area contributed by atoms with Gasteiger partial charge in [-0.2, -0.15) is 9.36 Å². The first-order valence-electron chi connectivity index (χ1n) is 6.75. The molecule has 118 valence electrons. The van der Waals surface area contributed by atoms with E-state index in [1.165, 1.54) is 12.1 Å². The van der Waals surface area contributed by atoms with Gasteiger partial charge in [-0.05, 0) is 18.6 Å². The van der Waals surface area contributed by atoms with Gasteiger partial charge in [-0.15, -0.1) is 0 Å². The minimum atomic E-state index is -0.897. The number of aliphatic hydroxyl groups is 1. The predicted octanol–water partition coefficient (Wildman–Crippen LogP) is 2.07. The zero-order valence-corrected chi connectivity index (χ0v) is 12.7. The summed E-state index contributed by atoms with van der Waals surface area (Å²) in [7, 11) is 1.54. The van der Waals surface area contributed by atoms with Gasteiger partial charge in [0, 0.05) is 36.8 Å². The molecule has 1 saturated heterocycles. The van der Waals surface area contributed by atoms with Crippen LogP contribution >= 0.6 is 11.5 Å². The fraction of sp³-hybridized carbons (Fsp3) is 0.429. The molecule has 0 amide bonds. The van der Waals surface area contributed by atoms with E-state index in [2.05, 4.69) is 9.36 Å². The maximum Gasteiger partial charge on any atom is 0.205 e. The number of β-amino-alcohol motifs (C(OH)–C–C–N with tert-alkyl or cyclic N) is 1. The quantitative estimate of drug-likeness (QED) is 0.932. The monoisotopic (exact) mass is 327 g/mol. The van der Waals surface area contributed by atoms with Crippen molar-refractivity contribution in [2.75, 3.05) is 31.7 Å². The second kappa shape index (κ2) is 5.86. The number of anilines is 1. The number of hydrogen-bond acceptors (Lipinski definition) is 6. The normalized spacial score (nSPS) is 21.5. The number of hydrogen-bond donors (Lipinski definition) is 1. The molecule has 22 heavy (non-hydrogen) atoms. The first-order chi connectivity index (χ1) is 10.5. The third-order valence-electron chi connectivity index (χ3n) is 3.55. The van der Waals surface area contributed by atoms with Crippen LogP contribution in [0.25, 0.3) is 11.4 Å². The molecule has 0 aliphatic carbocycles. The van der Waals surface area contributed by atoms with Crippen LogP contribution in [0, 0.1) is 11.6 Å². The van der Waals surface area contributed by atoms with Crippen LogP contribution in [-0.2, 0) is 4.74 Å². The number of halogens is 2. The van der Waals surface area contributed by atoms with Crippen molar-refractivity contribution < 1.29 is 18.6 Å². The standard InChI is InChI=1S/C14H15F2N3O2S/c1-21-8-14(20)2-3-19(7-14)13-17-12(18-22-13)9-4-10(15)6-11(16)5-9/h4-6,20H,2-3,7-8H2,1H3. The Morgan fingerprint density at radius 2 is 2.09 bits per heavy atom. The summed E-state index contributed by atoms with van der Waals surface area (Å²) >= 11 is 1.14. The molecule has 1 fully saturated rings. The van der Waals surface area contributed by atoms with E-state index in [9.17, 15) is 13.9 Å². The lowest BCUT2D eigenvalue weighted by Crippen LogP contribution is -2.37. The molecule has 8 heteroatoms. The lowest BCUT2D eigenvalue weighted by molar-refractivity contribution is -0.0139.